The third-order valence-corrected chi connectivity index (χ3v) is 6.61. The van der Waals surface area contributed by atoms with E-state index in [9.17, 15) is 4.79 Å². The number of hydrogen-bond acceptors (Lipinski definition) is 6. The van der Waals surface area contributed by atoms with Crippen LogP contribution in [0.4, 0.5) is 0 Å². The van der Waals surface area contributed by atoms with Crippen molar-refractivity contribution in [3.05, 3.63) is 64.1 Å². The number of carbonyl (C=O) groups excluding carboxylic acids is 1. The van der Waals surface area contributed by atoms with E-state index in [4.69, 9.17) is 4.74 Å². The predicted molar refractivity (Wildman–Crippen MR) is 107 cm³/mol. The molecule has 3 aromatic rings. The van der Waals surface area contributed by atoms with Crippen LogP contribution in [0.5, 0.6) is 0 Å². The van der Waals surface area contributed by atoms with Crippen LogP contribution in [0.2, 0.25) is 0 Å². The molecule has 2 atom stereocenters. The van der Waals surface area contributed by atoms with E-state index in [0.29, 0.717) is 0 Å². The minimum absolute atomic E-state index is 0.0266. The second kappa shape index (κ2) is 8.27. The van der Waals surface area contributed by atoms with E-state index in [1.54, 1.807) is 11.3 Å². The maximum absolute atomic E-state index is 12.0. The molecule has 1 aliphatic heterocycles. The van der Waals surface area contributed by atoms with Crippen molar-refractivity contribution in [1.29, 1.82) is 0 Å². The number of nitrogens with zero attached hydrogens (tertiary/aromatic N) is 3. The van der Waals surface area contributed by atoms with Crippen LogP contribution in [0.3, 0.4) is 0 Å². The Balaban J connectivity index is 1.55. The molecule has 27 heavy (non-hydrogen) atoms. The van der Waals surface area contributed by atoms with E-state index in [0.717, 1.165) is 36.8 Å². The lowest BCUT2D eigenvalue weighted by Gasteiger charge is -2.11. The summed E-state index contributed by atoms with van der Waals surface area (Å²) in [5.74, 6) is 0.792. The van der Waals surface area contributed by atoms with E-state index >= 15 is 0 Å². The molecule has 0 saturated carbocycles. The van der Waals surface area contributed by atoms with Crippen molar-refractivity contribution in [3.63, 3.8) is 0 Å². The highest BCUT2D eigenvalue weighted by atomic mass is 32.2. The van der Waals surface area contributed by atoms with Gasteiger partial charge in [0.05, 0.1) is 0 Å². The van der Waals surface area contributed by atoms with Crippen LogP contribution in [0.1, 0.15) is 29.6 Å². The van der Waals surface area contributed by atoms with Crippen LogP contribution < -0.4 is 0 Å². The Hall–Kier alpha value is -2.12. The molecule has 0 radical (unpaired) electrons. The molecular formula is C20H21N3O2S2. The van der Waals surface area contributed by atoms with Gasteiger partial charge in [0.25, 0.3) is 0 Å². The van der Waals surface area contributed by atoms with E-state index < -0.39 is 0 Å². The lowest BCUT2D eigenvalue weighted by atomic mass is 10.1. The minimum Gasteiger partial charge on any atom is -0.462 e. The normalized spacial score (nSPS) is 19.4. The summed E-state index contributed by atoms with van der Waals surface area (Å²) in [4.78, 5) is 13.3. The fraction of sp³-hybridized carbons (Fsp3) is 0.350. The molecule has 0 aliphatic carbocycles. The van der Waals surface area contributed by atoms with Crippen molar-refractivity contribution in [2.45, 2.75) is 49.2 Å². The number of aryl methyl sites for hydroxylation is 1. The van der Waals surface area contributed by atoms with Crippen molar-refractivity contribution in [2.24, 2.45) is 0 Å². The van der Waals surface area contributed by atoms with Crippen LogP contribution in [0, 0.1) is 0 Å². The highest BCUT2D eigenvalue weighted by Gasteiger charge is 2.34. The SMILES string of the molecule is C[C@@H]1C[C@H](Sc2nnc(Cc3cccs3)n2CCc2ccccc2)C(=O)O1. The quantitative estimate of drug-likeness (QED) is 0.563. The Morgan fingerprint density at radius 2 is 2.07 bits per heavy atom. The first kappa shape index (κ1) is 18.3. The Labute approximate surface area is 166 Å². The number of cyclic esters (lactones) is 1. The maximum Gasteiger partial charge on any atom is 0.319 e. The molecule has 7 heteroatoms. The van der Waals surface area contributed by atoms with Crippen LogP contribution >= 0.6 is 23.1 Å². The van der Waals surface area contributed by atoms with Gasteiger partial charge in [0.15, 0.2) is 5.16 Å². The molecule has 140 valence electrons. The Kier molecular flexibility index (Phi) is 5.59. The number of ether oxygens (including phenoxy) is 1. The second-order valence-corrected chi connectivity index (χ2v) is 8.83. The topological polar surface area (TPSA) is 57.0 Å². The lowest BCUT2D eigenvalue weighted by molar-refractivity contribution is -0.140. The molecule has 0 unspecified atom stereocenters. The van der Waals surface area contributed by atoms with Crippen LogP contribution in [-0.2, 0) is 28.9 Å². The largest absolute Gasteiger partial charge is 0.462 e. The van der Waals surface area contributed by atoms with Crippen molar-refractivity contribution < 1.29 is 9.53 Å². The molecule has 0 N–H and O–H groups in total. The molecule has 4 rings (SSSR count). The summed E-state index contributed by atoms with van der Waals surface area (Å²) in [6, 6.07) is 14.6. The summed E-state index contributed by atoms with van der Waals surface area (Å²) in [6.45, 7) is 2.72. The summed E-state index contributed by atoms with van der Waals surface area (Å²) in [7, 11) is 0. The Morgan fingerprint density at radius 1 is 1.22 bits per heavy atom. The Morgan fingerprint density at radius 3 is 2.78 bits per heavy atom. The van der Waals surface area contributed by atoms with Gasteiger partial charge in [-0.1, -0.05) is 48.2 Å². The zero-order valence-corrected chi connectivity index (χ0v) is 16.7. The number of thioether (sulfide) groups is 1. The highest BCUT2D eigenvalue weighted by Crippen LogP contribution is 2.32. The van der Waals surface area contributed by atoms with Gasteiger partial charge < -0.3 is 9.30 Å². The van der Waals surface area contributed by atoms with E-state index in [2.05, 4.69) is 56.5 Å². The van der Waals surface area contributed by atoms with Gasteiger partial charge in [-0.05, 0) is 30.4 Å². The smallest absolute Gasteiger partial charge is 0.319 e. The fourth-order valence-electron chi connectivity index (χ4n) is 3.16. The molecule has 5 nitrogen and oxygen atoms in total. The molecular weight excluding hydrogens is 378 g/mol. The summed E-state index contributed by atoms with van der Waals surface area (Å²) >= 11 is 3.20. The first-order chi connectivity index (χ1) is 13.2. The number of benzene rings is 1. The third-order valence-electron chi connectivity index (χ3n) is 4.55. The van der Waals surface area contributed by atoms with Gasteiger partial charge in [-0.2, -0.15) is 0 Å². The summed E-state index contributed by atoms with van der Waals surface area (Å²) < 4.78 is 7.45. The molecule has 1 fully saturated rings. The van der Waals surface area contributed by atoms with Gasteiger partial charge in [-0.15, -0.1) is 21.5 Å². The minimum atomic E-state index is -0.200. The highest BCUT2D eigenvalue weighted by molar-refractivity contribution is 8.00. The average Bonchev–Trinajstić information content (AvgIpc) is 3.38. The summed E-state index contributed by atoms with van der Waals surface area (Å²) in [5.41, 5.74) is 1.28. The molecule has 1 aliphatic rings. The van der Waals surface area contributed by atoms with E-state index in [1.165, 1.54) is 22.2 Å². The van der Waals surface area contributed by atoms with Crippen LogP contribution in [0.15, 0.2) is 53.0 Å². The van der Waals surface area contributed by atoms with Crippen molar-refractivity contribution in [2.75, 3.05) is 0 Å². The van der Waals surface area contributed by atoms with Gasteiger partial charge >= 0.3 is 5.97 Å². The molecule has 1 saturated heterocycles. The van der Waals surface area contributed by atoms with Crippen LogP contribution in [-0.4, -0.2) is 32.1 Å². The standard InChI is InChI=1S/C20H21N3O2S2/c1-14-12-17(19(24)25-14)27-20-22-21-18(13-16-8-5-11-26-16)23(20)10-9-15-6-3-2-4-7-15/h2-8,11,14,17H,9-10,12-13H2,1H3/t14-,17+/m1/s1. The molecule has 0 amide bonds. The molecule has 3 heterocycles. The van der Waals surface area contributed by atoms with Gasteiger partial charge in [0, 0.05) is 24.3 Å². The molecule has 2 aromatic heterocycles. The molecule has 1 aromatic carbocycles. The number of hydrogen-bond donors (Lipinski definition) is 0. The Bertz CT molecular complexity index is 893. The molecule has 0 bridgehead atoms. The number of thiophene rings is 1. The summed E-state index contributed by atoms with van der Waals surface area (Å²) in [6.07, 6.45) is 2.34. The second-order valence-electron chi connectivity index (χ2n) is 6.63. The predicted octanol–water partition coefficient (Wildman–Crippen LogP) is 3.97. The van der Waals surface area contributed by atoms with Gasteiger partial charge in [-0.3, -0.25) is 4.79 Å². The number of carbonyl (C=O) groups is 1. The summed E-state index contributed by atoms with van der Waals surface area (Å²) in [5, 5.41) is 11.5. The zero-order valence-electron chi connectivity index (χ0n) is 15.1. The van der Waals surface area contributed by atoms with Crippen LogP contribution in [0.25, 0.3) is 0 Å². The lowest BCUT2D eigenvalue weighted by Crippen LogP contribution is -2.13. The van der Waals surface area contributed by atoms with Crippen molar-refractivity contribution >= 4 is 29.1 Å². The van der Waals surface area contributed by atoms with E-state index in [1.807, 2.05) is 13.0 Å². The fourth-order valence-corrected chi connectivity index (χ4v) is 5.05. The third kappa shape index (κ3) is 4.42. The average molecular weight is 400 g/mol. The van der Waals surface area contributed by atoms with Gasteiger partial charge in [0.1, 0.15) is 17.2 Å². The van der Waals surface area contributed by atoms with Crippen molar-refractivity contribution in [1.82, 2.24) is 14.8 Å². The number of esters is 1. The van der Waals surface area contributed by atoms with Crippen molar-refractivity contribution in [3.8, 4) is 0 Å². The zero-order chi connectivity index (χ0) is 18.6. The number of rotatable bonds is 7. The maximum atomic E-state index is 12.0. The monoisotopic (exact) mass is 399 g/mol. The first-order valence-electron chi connectivity index (χ1n) is 9.04. The van der Waals surface area contributed by atoms with Gasteiger partial charge in [0.2, 0.25) is 0 Å². The van der Waals surface area contributed by atoms with E-state index in [-0.39, 0.29) is 17.3 Å². The number of aromatic nitrogens is 3. The molecule has 0 spiro atoms. The first-order valence-corrected chi connectivity index (χ1v) is 10.8. The van der Waals surface area contributed by atoms with Gasteiger partial charge in [-0.25, -0.2) is 0 Å².